The summed E-state index contributed by atoms with van der Waals surface area (Å²) < 4.78 is 6.70. The molecule has 1 fully saturated rings. The molecule has 6 rings (SSSR count). The fourth-order valence-electron chi connectivity index (χ4n) is 6.91. The van der Waals surface area contributed by atoms with Crippen molar-refractivity contribution in [2.75, 3.05) is 0 Å². The van der Waals surface area contributed by atoms with E-state index in [1.54, 1.807) is 13.0 Å². The molecule has 3 aliphatic rings. The number of hydrogen-bond acceptors (Lipinski definition) is 7. The van der Waals surface area contributed by atoms with Gasteiger partial charge in [0.1, 0.15) is 6.61 Å². The Bertz CT molecular complexity index is 1640. The van der Waals surface area contributed by atoms with E-state index in [-0.39, 0.29) is 48.2 Å². The summed E-state index contributed by atoms with van der Waals surface area (Å²) in [7, 11) is 0. The van der Waals surface area contributed by atoms with Crippen LogP contribution in [0.25, 0.3) is 22.3 Å². The fraction of sp³-hybridized carbons (Fsp3) is 0.467. The van der Waals surface area contributed by atoms with Gasteiger partial charge in [-0.25, -0.2) is 9.78 Å². The Morgan fingerprint density at radius 2 is 1.80 bits per heavy atom. The van der Waals surface area contributed by atoms with Crippen LogP contribution in [0.15, 0.2) is 35.1 Å². The maximum Gasteiger partial charge on any atom is 0.343 e. The number of amides is 1. The number of rotatable bonds is 3. The summed E-state index contributed by atoms with van der Waals surface area (Å²) in [5.41, 5.74) is -0.633. The number of para-hydroxylation sites is 1. The highest BCUT2D eigenvalue weighted by Crippen LogP contribution is 2.41. The number of aromatic nitrogens is 2. The van der Waals surface area contributed by atoms with E-state index < -0.39 is 22.6 Å². The minimum Gasteiger partial charge on any atom is -0.458 e. The van der Waals surface area contributed by atoms with Crippen molar-refractivity contribution in [2.45, 2.75) is 89.8 Å². The average molecular weight is 546 g/mol. The largest absolute Gasteiger partial charge is 0.458 e. The van der Waals surface area contributed by atoms with Crippen molar-refractivity contribution < 1.29 is 24.6 Å². The molecule has 0 bridgehead atoms. The standard InChI is InChI=1S/C30H33N4O6/c1-6-30(38)20-11-22-24-18(14-33(22)26(36)19(20)15-40-27(30)37)23(17-9-7-8-10-21(17)32-24)25(35)31-16-12-28(2,3)34(39)29(4,5)13-16/h7-11,16,38H,6,12-15H2,1-5H3,(H,31,35)/t30-/m0/s1. The summed E-state index contributed by atoms with van der Waals surface area (Å²) in [4.78, 5) is 45.1. The molecular weight excluding hydrogens is 512 g/mol. The molecule has 1 amide bonds. The van der Waals surface area contributed by atoms with Crippen molar-refractivity contribution in [3.63, 3.8) is 0 Å². The van der Waals surface area contributed by atoms with Crippen LogP contribution >= 0.6 is 0 Å². The van der Waals surface area contributed by atoms with Crippen molar-refractivity contribution in [1.29, 1.82) is 0 Å². The molecule has 0 aliphatic carbocycles. The molecule has 1 radical (unpaired) electrons. The first-order valence-corrected chi connectivity index (χ1v) is 13.7. The average Bonchev–Trinajstić information content (AvgIpc) is 3.26. The highest BCUT2D eigenvalue weighted by Gasteiger charge is 2.48. The number of hydroxylamine groups is 2. The number of cyclic esters (lactones) is 1. The van der Waals surface area contributed by atoms with Crippen molar-refractivity contribution in [1.82, 2.24) is 19.9 Å². The number of esters is 1. The molecular formula is C30H33N4O6. The van der Waals surface area contributed by atoms with Crippen LogP contribution in [0.2, 0.25) is 0 Å². The van der Waals surface area contributed by atoms with Gasteiger partial charge in [0.05, 0.1) is 34.6 Å². The van der Waals surface area contributed by atoms with Crippen LogP contribution in [0.3, 0.4) is 0 Å². The normalized spacial score (nSPS) is 23.3. The van der Waals surface area contributed by atoms with Gasteiger partial charge in [-0.05, 0) is 59.1 Å². The van der Waals surface area contributed by atoms with Gasteiger partial charge in [-0.1, -0.05) is 25.1 Å². The molecule has 5 heterocycles. The van der Waals surface area contributed by atoms with Gasteiger partial charge in [-0.3, -0.25) is 9.59 Å². The van der Waals surface area contributed by atoms with Crippen LogP contribution < -0.4 is 10.9 Å². The Kier molecular flexibility index (Phi) is 5.79. The van der Waals surface area contributed by atoms with Crippen molar-refractivity contribution >= 4 is 22.8 Å². The minimum absolute atomic E-state index is 0.0439. The van der Waals surface area contributed by atoms with E-state index in [1.807, 2.05) is 52.0 Å². The molecule has 40 heavy (non-hydrogen) atoms. The first-order valence-electron chi connectivity index (χ1n) is 13.7. The lowest BCUT2D eigenvalue weighted by atomic mass is 9.79. The Labute approximate surface area is 231 Å². The zero-order valence-electron chi connectivity index (χ0n) is 23.3. The number of pyridine rings is 2. The van der Waals surface area contributed by atoms with Crippen molar-refractivity contribution in [2.24, 2.45) is 0 Å². The maximum absolute atomic E-state index is 14.1. The van der Waals surface area contributed by atoms with E-state index in [4.69, 9.17) is 9.72 Å². The minimum atomic E-state index is -1.93. The predicted octanol–water partition coefficient (Wildman–Crippen LogP) is 3.18. The molecule has 0 saturated carbocycles. The molecule has 10 heteroatoms. The topological polar surface area (TPSA) is 134 Å². The van der Waals surface area contributed by atoms with Gasteiger partial charge in [-0.2, -0.15) is 0 Å². The first kappa shape index (κ1) is 26.6. The van der Waals surface area contributed by atoms with Gasteiger partial charge in [0.25, 0.3) is 11.5 Å². The van der Waals surface area contributed by atoms with E-state index >= 15 is 0 Å². The quantitative estimate of drug-likeness (QED) is 0.378. The summed E-state index contributed by atoms with van der Waals surface area (Å²) >= 11 is 0. The summed E-state index contributed by atoms with van der Waals surface area (Å²) in [6, 6.07) is 8.74. The van der Waals surface area contributed by atoms with Gasteiger partial charge in [0, 0.05) is 33.6 Å². The lowest BCUT2D eigenvalue weighted by Gasteiger charge is -2.50. The van der Waals surface area contributed by atoms with E-state index in [1.165, 1.54) is 4.57 Å². The zero-order valence-corrected chi connectivity index (χ0v) is 23.3. The number of aliphatic hydroxyl groups is 1. The molecule has 3 aliphatic heterocycles. The van der Waals surface area contributed by atoms with Crippen LogP contribution in [-0.2, 0) is 33.5 Å². The number of ether oxygens (including phenoxy) is 1. The molecule has 0 unspecified atom stereocenters. The SMILES string of the molecule is CC[C@@]1(O)C(=O)OCc2c1cc1n(c2=O)Cc2c-1nc1ccccc1c2C(=O)NC1CC(C)(C)N([O])C(C)(C)C1. The molecule has 0 spiro atoms. The zero-order chi connectivity index (χ0) is 28.8. The third kappa shape index (κ3) is 3.73. The van der Waals surface area contributed by atoms with E-state index in [9.17, 15) is 24.7 Å². The number of carbonyl (C=O) groups excluding carboxylic acids is 2. The third-order valence-corrected chi connectivity index (χ3v) is 8.75. The lowest BCUT2D eigenvalue weighted by Crippen LogP contribution is -2.62. The van der Waals surface area contributed by atoms with Gasteiger partial charge < -0.3 is 19.7 Å². The second-order valence-electron chi connectivity index (χ2n) is 12.4. The summed E-state index contributed by atoms with van der Waals surface area (Å²) in [5.74, 6) is -1.08. The van der Waals surface area contributed by atoms with Gasteiger partial charge in [0.15, 0.2) is 5.60 Å². The van der Waals surface area contributed by atoms with Crippen LogP contribution in [0.4, 0.5) is 0 Å². The predicted molar refractivity (Wildman–Crippen MR) is 146 cm³/mol. The first-order chi connectivity index (χ1) is 18.8. The summed E-state index contributed by atoms with van der Waals surface area (Å²) in [5, 5.41) is 29.0. The van der Waals surface area contributed by atoms with Gasteiger partial charge in [-0.15, -0.1) is 10.3 Å². The number of nitrogens with zero attached hydrogens (tertiary/aromatic N) is 3. The van der Waals surface area contributed by atoms with Crippen molar-refractivity contribution in [3.05, 3.63) is 62.9 Å². The van der Waals surface area contributed by atoms with Crippen LogP contribution in [0, 0.1) is 0 Å². The number of fused-ring (bicyclic) bond motifs is 5. The fourth-order valence-corrected chi connectivity index (χ4v) is 6.91. The number of carbonyl (C=O) groups is 2. The van der Waals surface area contributed by atoms with Gasteiger partial charge in [0.2, 0.25) is 0 Å². The summed E-state index contributed by atoms with van der Waals surface area (Å²) in [6.45, 7) is 9.09. The Balaban J connectivity index is 1.49. The smallest absolute Gasteiger partial charge is 0.343 e. The molecule has 10 nitrogen and oxygen atoms in total. The van der Waals surface area contributed by atoms with Crippen LogP contribution in [-0.4, -0.2) is 48.7 Å². The number of nitrogens with one attached hydrogen (secondary N) is 1. The van der Waals surface area contributed by atoms with Crippen LogP contribution in [0.5, 0.6) is 0 Å². The molecule has 209 valence electrons. The lowest BCUT2D eigenvalue weighted by molar-refractivity contribution is -0.289. The highest BCUT2D eigenvalue weighted by atomic mass is 16.6. The maximum atomic E-state index is 14.1. The second kappa shape index (κ2) is 8.70. The molecule has 1 saturated heterocycles. The van der Waals surface area contributed by atoms with E-state index in [0.29, 0.717) is 46.3 Å². The highest BCUT2D eigenvalue weighted by molar-refractivity contribution is 6.09. The van der Waals surface area contributed by atoms with Crippen molar-refractivity contribution in [3.8, 4) is 11.4 Å². The third-order valence-electron chi connectivity index (χ3n) is 8.75. The Morgan fingerprint density at radius 1 is 1.12 bits per heavy atom. The Morgan fingerprint density at radius 3 is 2.48 bits per heavy atom. The number of hydrogen-bond donors (Lipinski definition) is 2. The summed E-state index contributed by atoms with van der Waals surface area (Å²) in [6.07, 6.45) is 1.03. The number of piperidine rings is 1. The van der Waals surface area contributed by atoms with Crippen LogP contribution in [0.1, 0.15) is 80.9 Å². The molecule has 1 aromatic carbocycles. The number of benzene rings is 1. The van der Waals surface area contributed by atoms with E-state index in [0.717, 1.165) is 5.06 Å². The Hall–Kier alpha value is -3.60. The molecule has 1 atom stereocenters. The van der Waals surface area contributed by atoms with Gasteiger partial charge >= 0.3 is 5.97 Å². The molecule has 2 N–H and O–H groups in total. The van der Waals surface area contributed by atoms with E-state index in [2.05, 4.69) is 5.32 Å². The molecule has 2 aromatic heterocycles. The second-order valence-corrected chi connectivity index (χ2v) is 12.4. The molecule has 3 aromatic rings. The monoisotopic (exact) mass is 545 g/mol.